The van der Waals surface area contributed by atoms with Gasteiger partial charge in [-0.2, -0.15) is 0 Å². The molecule has 0 unspecified atom stereocenters. The molecule has 3 heterocycles. The largest absolute Gasteiger partial charge is 0.315 e. The molecule has 2 aliphatic heterocycles. The summed E-state index contributed by atoms with van der Waals surface area (Å²) in [5.74, 6) is 0.703. The van der Waals surface area contributed by atoms with Gasteiger partial charge in [-0.3, -0.25) is 9.36 Å². The van der Waals surface area contributed by atoms with Gasteiger partial charge in [0, 0.05) is 11.1 Å². The Bertz CT molecular complexity index is 1970. The molecule has 4 nitrogen and oxygen atoms in total. The average Bonchev–Trinajstić information content (AvgIpc) is 2.97. The Morgan fingerprint density at radius 3 is 2.30 bits per heavy atom. The predicted octanol–water partition coefficient (Wildman–Crippen LogP) is 7.10. The molecule has 1 atom stereocenters. The molecule has 37 heavy (non-hydrogen) atoms. The molecule has 4 heteroatoms. The minimum atomic E-state index is -0.379. The van der Waals surface area contributed by atoms with Gasteiger partial charge in [0.05, 0.1) is 22.3 Å². The molecular formula is C33H21N3O. The summed E-state index contributed by atoms with van der Waals surface area (Å²) in [5, 5.41) is 2.92. The lowest BCUT2D eigenvalue weighted by molar-refractivity contribution is 0.566. The van der Waals surface area contributed by atoms with Crippen LogP contribution in [-0.2, 0) is 0 Å². The molecule has 8 rings (SSSR count). The van der Waals surface area contributed by atoms with E-state index in [4.69, 9.17) is 4.98 Å². The summed E-state index contributed by atoms with van der Waals surface area (Å²) < 4.78 is 1.91. The Morgan fingerprint density at radius 1 is 0.676 bits per heavy atom. The van der Waals surface area contributed by atoms with Crippen molar-refractivity contribution < 1.29 is 0 Å². The highest BCUT2D eigenvalue weighted by molar-refractivity contribution is 6.02. The molecule has 5 aromatic carbocycles. The maximum Gasteiger partial charge on any atom is 0.263 e. The topological polar surface area (TPSA) is 38.1 Å². The number of nitrogens with zero attached hydrogens (tertiary/aromatic N) is 3. The maximum absolute atomic E-state index is 14.3. The number of hydrogen-bond donors (Lipinski definition) is 0. The third-order valence-corrected chi connectivity index (χ3v) is 7.59. The molecule has 1 aromatic heterocycles. The Hall–Kier alpha value is -4.96. The first-order valence-electron chi connectivity index (χ1n) is 12.5. The average molecular weight is 476 g/mol. The molecule has 0 bridgehead atoms. The number of rotatable bonds is 1. The highest BCUT2D eigenvalue weighted by Crippen LogP contribution is 2.50. The van der Waals surface area contributed by atoms with Gasteiger partial charge in [0.1, 0.15) is 12.0 Å². The zero-order valence-corrected chi connectivity index (χ0v) is 19.9. The van der Waals surface area contributed by atoms with Crippen LogP contribution in [-0.4, -0.2) is 9.55 Å². The fourth-order valence-electron chi connectivity index (χ4n) is 5.98. The van der Waals surface area contributed by atoms with Crippen molar-refractivity contribution in [2.24, 2.45) is 0 Å². The van der Waals surface area contributed by atoms with Gasteiger partial charge < -0.3 is 4.90 Å². The summed E-state index contributed by atoms with van der Waals surface area (Å²) >= 11 is 0. The predicted molar refractivity (Wildman–Crippen MR) is 150 cm³/mol. The SMILES string of the molecule is O=c1c2ccccc2nc2n1[C@H]1c3c(ccc4ccccc34)C=C(c3ccccc3)N1c1ccccc1-2. The van der Waals surface area contributed by atoms with E-state index in [9.17, 15) is 4.79 Å². The van der Waals surface area contributed by atoms with Crippen molar-refractivity contribution in [1.29, 1.82) is 0 Å². The summed E-state index contributed by atoms with van der Waals surface area (Å²) in [7, 11) is 0. The highest BCUT2D eigenvalue weighted by atomic mass is 16.1. The summed E-state index contributed by atoms with van der Waals surface area (Å²) in [5.41, 5.74) is 7.08. The summed E-state index contributed by atoms with van der Waals surface area (Å²) in [6, 6.07) is 39.1. The van der Waals surface area contributed by atoms with Crippen molar-refractivity contribution in [2.75, 3.05) is 4.90 Å². The second-order valence-electron chi connectivity index (χ2n) is 9.57. The quantitative estimate of drug-likeness (QED) is 0.255. The van der Waals surface area contributed by atoms with E-state index < -0.39 is 0 Å². The zero-order valence-electron chi connectivity index (χ0n) is 19.9. The number of benzene rings is 5. The monoisotopic (exact) mass is 475 g/mol. The van der Waals surface area contributed by atoms with Gasteiger partial charge in [0.2, 0.25) is 0 Å². The summed E-state index contributed by atoms with van der Waals surface area (Å²) in [4.78, 5) is 21.7. The van der Waals surface area contributed by atoms with E-state index in [2.05, 4.69) is 89.8 Å². The maximum atomic E-state index is 14.3. The minimum Gasteiger partial charge on any atom is -0.315 e. The van der Waals surface area contributed by atoms with E-state index in [-0.39, 0.29) is 11.7 Å². The van der Waals surface area contributed by atoms with Crippen molar-refractivity contribution in [3.05, 3.63) is 142 Å². The van der Waals surface area contributed by atoms with E-state index in [0.29, 0.717) is 11.2 Å². The Labute approximate surface area is 213 Å². The molecule has 0 saturated heterocycles. The first-order valence-corrected chi connectivity index (χ1v) is 12.5. The van der Waals surface area contributed by atoms with Crippen molar-refractivity contribution in [3.63, 3.8) is 0 Å². The third-order valence-electron chi connectivity index (χ3n) is 7.59. The first kappa shape index (κ1) is 20.3. The highest BCUT2D eigenvalue weighted by Gasteiger charge is 2.40. The van der Waals surface area contributed by atoms with E-state index >= 15 is 0 Å². The van der Waals surface area contributed by atoms with E-state index in [1.165, 1.54) is 0 Å². The van der Waals surface area contributed by atoms with Crippen LogP contribution in [0.3, 0.4) is 0 Å². The van der Waals surface area contributed by atoms with E-state index in [1.54, 1.807) is 0 Å². The normalized spacial score (nSPS) is 15.5. The molecule has 0 saturated carbocycles. The lowest BCUT2D eigenvalue weighted by atomic mass is 9.88. The van der Waals surface area contributed by atoms with Crippen LogP contribution in [0.25, 0.3) is 44.8 Å². The fourth-order valence-corrected chi connectivity index (χ4v) is 5.98. The van der Waals surface area contributed by atoms with Gasteiger partial charge >= 0.3 is 0 Å². The van der Waals surface area contributed by atoms with Crippen molar-refractivity contribution >= 4 is 39.1 Å². The number of anilines is 1. The van der Waals surface area contributed by atoms with E-state index in [0.717, 1.165) is 49.9 Å². The summed E-state index contributed by atoms with van der Waals surface area (Å²) in [6.45, 7) is 0. The van der Waals surface area contributed by atoms with Crippen LogP contribution in [0.4, 0.5) is 5.69 Å². The van der Waals surface area contributed by atoms with Crippen LogP contribution in [0, 0.1) is 0 Å². The van der Waals surface area contributed by atoms with Crippen LogP contribution in [0.2, 0.25) is 0 Å². The van der Waals surface area contributed by atoms with Gasteiger partial charge in [-0.15, -0.1) is 0 Å². The van der Waals surface area contributed by atoms with Gasteiger partial charge in [0.15, 0.2) is 0 Å². The fraction of sp³-hybridized carbons (Fsp3) is 0.0303. The summed E-state index contributed by atoms with van der Waals surface area (Å²) in [6.07, 6.45) is 1.88. The molecule has 0 fully saturated rings. The molecule has 2 aliphatic rings. The number of fused-ring (bicyclic) bond motifs is 11. The lowest BCUT2D eigenvalue weighted by Gasteiger charge is -2.45. The molecule has 6 aromatic rings. The second-order valence-corrected chi connectivity index (χ2v) is 9.57. The van der Waals surface area contributed by atoms with Gasteiger partial charge in [0.25, 0.3) is 5.56 Å². The zero-order chi connectivity index (χ0) is 24.5. The van der Waals surface area contributed by atoms with Crippen molar-refractivity contribution in [2.45, 2.75) is 6.17 Å². The second kappa shape index (κ2) is 7.52. The van der Waals surface area contributed by atoms with Crippen LogP contribution in [0.15, 0.2) is 120 Å². The number of hydrogen-bond acceptors (Lipinski definition) is 3. The van der Waals surface area contributed by atoms with Gasteiger partial charge in [-0.05, 0) is 52.2 Å². The molecule has 174 valence electrons. The first-order chi connectivity index (χ1) is 18.3. The molecule has 0 aliphatic carbocycles. The number of para-hydroxylation sites is 2. The standard InChI is InChI=1S/C33H21N3O/c37-33-25-14-6-8-16-27(25)34-31-26-15-7-9-17-28(26)35-29(22-11-2-1-3-12-22)20-23-19-18-21-10-4-5-13-24(21)30(23)32(35)36(31)33/h1-20,32H/t32-/m0/s1. The third kappa shape index (κ3) is 2.78. The van der Waals surface area contributed by atoms with Gasteiger partial charge in [-0.1, -0.05) is 91.0 Å². The molecular weight excluding hydrogens is 454 g/mol. The lowest BCUT2D eigenvalue weighted by Crippen LogP contribution is -2.44. The molecule has 0 spiro atoms. The Morgan fingerprint density at radius 2 is 1.41 bits per heavy atom. The smallest absolute Gasteiger partial charge is 0.263 e. The van der Waals surface area contributed by atoms with Crippen molar-refractivity contribution in [1.82, 2.24) is 9.55 Å². The van der Waals surface area contributed by atoms with E-state index in [1.807, 2.05) is 41.0 Å². The van der Waals surface area contributed by atoms with Gasteiger partial charge in [-0.25, -0.2) is 4.98 Å². The van der Waals surface area contributed by atoms with Crippen molar-refractivity contribution in [3.8, 4) is 11.4 Å². The minimum absolute atomic E-state index is 0.0294. The Balaban J connectivity index is 1.57. The molecule has 0 amide bonds. The Kier molecular flexibility index (Phi) is 4.12. The number of aromatic nitrogens is 2. The van der Waals surface area contributed by atoms with Crippen LogP contribution in [0.1, 0.15) is 22.9 Å². The molecule has 0 N–H and O–H groups in total. The molecule has 0 radical (unpaired) electrons. The van der Waals surface area contributed by atoms with Crippen LogP contribution >= 0.6 is 0 Å². The van der Waals surface area contributed by atoms with Crippen LogP contribution < -0.4 is 10.5 Å². The van der Waals surface area contributed by atoms with Crippen LogP contribution in [0.5, 0.6) is 0 Å².